The normalized spacial score (nSPS) is 11.8. The largest absolute Gasteiger partial charge is 0.362 e. The minimum atomic E-state index is -3.17. The molecule has 0 bridgehead atoms. The maximum absolute atomic E-state index is 11.3. The van der Waals surface area contributed by atoms with Crippen molar-refractivity contribution in [3.8, 4) is 0 Å². The van der Waals surface area contributed by atoms with Crippen molar-refractivity contribution >= 4 is 26.3 Å². The summed E-state index contributed by atoms with van der Waals surface area (Å²) in [6.07, 6.45) is 1.15. The van der Waals surface area contributed by atoms with Crippen molar-refractivity contribution in [2.45, 2.75) is 19.2 Å². The fourth-order valence-electron chi connectivity index (χ4n) is 2.57. The summed E-state index contributed by atoms with van der Waals surface area (Å²) in [6.45, 7) is 3.25. The third-order valence-corrected chi connectivity index (χ3v) is 4.49. The van der Waals surface area contributed by atoms with Crippen molar-refractivity contribution in [1.29, 1.82) is 0 Å². The monoisotopic (exact) mass is 345 g/mol. The average Bonchev–Trinajstić information content (AvgIpc) is 2.97. The smallest absolute Gasteiger partial charge is 0.246 e. The van der Waals surface area contributed by atoms with Crippen LogP contribution in [0.2, 0.25) is 0 Å². The summed E-state index contributed by atoms with van der Waals surface area (Å²) in [7, 11) is -3.17. The lowest BCUT2D eigenvalue weighted by atomic mass is 10.1. The lowest BCUT2D eigenvalue weighted by molar-refractivity contribution is 0.372. The summed E-state index contributed by atoms with van der Waals surface area (Å²) < 4.78 is 27.8. The van der Waals surface area contributed by atoms with Gasteiger partial charge in [0.05, 0.1) is 6.54 Å². The van der Waals surface area contributed by atoms with E-state index >= 15 is 0 Å². The number of hydrogen-bond acceptors (Lipinski definition) is 6. The number of anilines is 1. The van der Waals surface area contributed by atoms with E-state index in [1.54, 1.807) is 0 Å². The van der Waals surface area contributed by atoms with Crippen molar-refractivity contribution in [2.24, 2.45) is 0 Å². The Morgan fingerprint density at radius 2 is 1.88 bits per heavy atom. The van der Waals surface area contributed by atoms with Gasteiger partial charge in [-0.1, -0.05) is 35.5 Å². The van der Waals surface area contributed by atoms with E-state index in [2.05, 4.69) is 45.4 Å². The standard InChI is InChI=1S/C17H19N3O3S/c1-3-20(11-17-18-16(19-23-17)12-24(2,21)22)15-9-8-13-6-4-5-7-14(13)10-15/h4-10H,3,11-12H2,1-2H3. The Balaban J connectivity index is 1.81. The molecule has 3 rings (SSSR count). The van der Waals surface area contributed by atoms with Gasteiger partial charge in [0.1, 0.15) is 5.75 Å². The zero-order valence-corrected chi connectivity index (χ0v) is 14.5. The molecule has 1 heterocycles. The highest BCUT2D eigenvalue weighted by molar-refractivity contribution is 7.89. The number of aromatic nitrogens is 2. The van der Waals surface area contributed by atoms with Gasteiger partial charge in [0, 0.05) is 18.5 Å². The number of nitrogens with zero attached hydrogens (tertiary/aromatic N) is 3. The Kier molecular flexibility index (Phi) is 4.53. The fourth-order valence-corrected chi connectivity index (χ4v) is 3.16. The predicted octanol–water partition coefficient (Wildman–Crippen LogP) is 2.79. The van der Waals surface area contributed by atoms with E-state index in [-0.39, 0.29) is 11.6 Å². The minimum absolute atomic E-state index is 0.196. The molecule has 0 unspecified atom stereocenters. The lowest BCUT2D eigenvalue weighted by Crippen LogP contribution is -2.22. The summed E-state index contributed by atoms with van der Waals surface area (Å²) in [5, 5.41) is 6.09. The van der Waals surface area contributed by atoms with Gasteiger partial charge in [0.25, 0.3) is 0 Å². The van der Waals surface area contributed by atoms with Crippen LogP contribution in [0.4, 0.5) is 5.69 Å². The van der Waals surface area contributed by atoms with Gasteiger partial charge < -0.3 is 9.42 Å². The molecule has 3 aromatic rings. The van der Waals surface area contributed by atoms with Gasteiger partial charge in [-0.05, 0) is 29.8 Å². The molecular formula is C17H19N3O3S. The zero-order chi connectivity index (χ0) is 17.2. The first-order chi connectivity index (χ1) is 11.4. The van der Waals surface area contributed by atoms with E-state index in [1.165, 1.54) is 5.39 Å². The lowest BCUT2D eigenvalue weighted by Gasteiger charge is -2.21. The first kappa shape index (κ1) is 16.4. The molecule has 0 aliphatic rings. The molecule has 6 nitrogen and oxygen atoms in total. The topological polar surface area (TPSA) is 76.3 Å². The minimum Gasteiger partial charge on any atom is -0.362 e. The van der Waals surface area contributed by atoms with Crippen LogP contribution in [0, 0.1) is 0 Å². The molecule has 0 fully saturated rings. The van der Waals surface area contributed by atoms with Gasteiger partial charge in [0.15, 0.2) is 15.7 Å². The molecular weight excluding hydrogens is 326 g/mol. The second-order valence-corrected chi connectivity index (χ2v) is 7.86. The number of rotatable bonds is 6. The molecule has 0 atom stereocenters. The highest BCUT2D eigenvalue weighted by Gasteiger charge is 2.15. The first-order valence-electron chi connectivity index (χ1n) is 7.67. The Hall–Kier alpha value is -2.41. The van der Waals surface area contributed by atoms with Crippen LogP contribution >= 0.6 is 0 Å². The molecule has 0 aliphatic carbocycles. The van der Waals surface area contributed by atoms with Crippen molar-refractivity contribution in [3.05, 3.63) is 54.2 Å². The quantitative estimate of drug-likeness (QED) is 0.684. The highest BCUT2D eigenvalue weighted by Crippen LogP contribution is 2.23. The molecule has 1 aromatic heterocycles. The first-order valence-corrected chi connectivity index (χ1v) is 9.73. The van der Waals surface area contributed by atoms with Crippen molar-refractivity contribution in [1.82, 2.24) is 10.1 Å². The zero-order valence-electron chi connectivity index (χ0n) is 13.6. The summed E-state index contributed by atoms with van der Waals surface area (Å²) in [5.74, 6) is 0.393. The molecule has 7 heteroatoms. The van der Waals surface area contributed by atoms with E-state index in [1.807, 2.05) is 19.1 Å². The van der Waals surface area contributed by atoms with Crippen molar-refractivity contribution in [2.75, 3.05) is 17.7 Å². The fraction of sp³-hybridized carbons (Fsp3) is 0.294. The van der Waals surface area contributed by atoms with E-state index in [0.29, 0.717) is 12.4 Å². The van der Waals surface area contributed by atoms with Crippen LogP contribution in [-0.4, -0.2) is 31.4 Å². The maximum atomic E-state index is 11.3. The summed E-state index contributed by atoms with van der Waals surface area (Å²) >= 11 is 0. The number of hydrogen-bond donors (Lipinski definition) is 0. The third-order valence-electron chi connectivity index (χ3n) is 3.71. The van der Waals surface area contributed by atoms with Crippen LogP contribution in [0.1, 0.15) is 18.6 Å². The number of sulfone groups is 1. The van der Waals surface area contributed by atoms with Crippen LogP contribution in [0.3, 0.4) is 0 Å². The van der Waals surface area contributed by atoms with Gasteiger partial charge in [-0.25, -0.2) is 8.42 Å². The van der Waals surface area contributed by atoms with Crippen LogP contribution < -0.4 is 4.90 Å². The Morgan fingerprint density at radius 1 is 1.12 bits per heavy atom. The van der Waals surface area contributed by atoms with Gasteiger partial charge in [-0.3, -0.25) is 0 Å². The number of benzene rings is 2. The molecule has 0 amide bonds. The summed E-state index contributed by atoms with van der Waals surface area (Å²) in [5.41, 5.74) is 1.05. The molecule has 126 valence electrons. The summed E-state index contributed by atoms with van der Waals surface area (Å²) in [6, 6.07) is 14.4. The predicted molar refractivity (Wildman–Crippen MR) is 93.5 cm³/mol. The van der Waals surface area contributed by atoms with Crippen LogP contribution in [0.5, 0.6) is 0 Å². The van der Waals surface area contributed by atoms with Crippen molar-refractivity contribution < 1.29 is 12.9 Å². The van der Waals surface area contributed by atoms with Gasteiger partial charge in [-0.15, -0.1) is 0 Å². The molecule has 0 aliphatic heterocycles. The summed E-state index contributed by atoms with van der Waals surface area (Å²) in [4.78, 5) is 6.27. The Labute approximate surface area is 141 Å². The average molecular weight is 345 g/mol. The van der Waals surface area contributed by atoms with Crippen molar-refractivity contribution in [3.63, 3.8) is 0 Å². The third kappa shape index (κ3) is 3.91. The second kappa shape index (κ2) is 6.60. The molecule has 0 saturated carbocycles. The van der Waals surface area contributed by atoms with Gasteiger partial charge >= 0.3 is 0 Å². The Bertz CT molecular complexity index is 950. The molecule has 0 spiro atoms. The second-order valence-electron chi connectivity index (χ2n) is 5.72. The van der Waals surface area contributed by atoms with Crippen LogP contribution in [0.25, 0.3) is 10.8 Å². The Morgan fingerprint density at radius 3 is 2.58 bits per heavy atom. The molecule has 0 saturated heterocycles. The molecule has 24 heavy (non-hydrogen) atoms. The van der Waals surface area contributed by atoms with Gasteiger partial charge in [-0.2, -0.15) is 4.98 Å². The van der Waals surface area contributed by atoms with E-state index in [0.717, 1.165) is 23.9 Å². The van der Waals surface area contributed by atoms with E-state index < -0.39 is 9.84 Å². The van der Waals surface area contributed by atoms with E-state index in [4.69, 9.17) is 4.52 Å². The SMILES string of the molecule is CCN(Cc1nc(CS(C)(=O)=O)no1)c1ccc2ccccc2c1. The van der Waals surface area contributed by atoms with Crippen LogP contribution in [-0.2, 0) is 22.1 Å². The molecule has 2 aromatic carbocycles. The van der Waals surface area contributed by atoms with E-state index in [9.17, 15) is 8.42 Å². The van der Waals surface area contributed by atoms with Gasteiger partial charge in [0.2, 0.25) is 5.89 Å². The van der Waals surface area contributed by atoms with Crippen LogP contribution in [0.15, 0.2) is 47.0 Å². The molecule has 0 radical (unpaired) electrons. The highest BCUT2D eigenvalue weighted by atomic mass is 32.2. The molecule has 0 N–H and O–H groups in total. The number of fused-ring (bicyclic) bond motifs is 1. The maximum Gasteiger partial charge on any atom is 0.246 e.